The van der Waals surface area contributed by atoms with Crippen molar-refractivity contribution in [2.24, 2.45) is 7.05 Å². The maximum Gasteiger partial charge on any atom is 0.273 e. The molecule has 0 radical (unpaired) electrons. The number of hydrogen-bond acceptors (Lipinski definition) is 4. The predicted molar refractivity (Wildman–Crippen MR) is 88.3 cm³/mol. The van der Waals surface area contributed by atoms with Crippen molar-refractivity contribution in [3.63, 3.8) is 0 Å². The normalized spacial score (nSPS) is 16.5. The summed E-state index contributed by atoms with van der Waals surface area (Å²) in [4.78, 5) is 12.5. The highest BCUT2D eigenvalue weighted by Crippen LogP contribution is 2.29. The lowest BCUT2D eigenvalue weighted by molar-refractivity contribution is 0.0923. The molecule has 1 amide bonds. The summed E-state index contributed by atoms with van der Waals surface area (Å²) in [6.45, 7) is 0. The van der Waals surface area contributed by atoms with E-state index in [0.717, 1.165) is 30.5 Å². The number of halogens is 1. The van der Waals surface area contributed by atoms with Crippen molar-refractivity contribution in [1.29, 1.82) is 0 Å². The van der Waals surface area contributed by atoms with Crippen LogP contribution in [-0.2, 0) is 13.5 Å². The predicted octanol–water partition coefficient (Wildman–Crippen LogP) is 3.02. The summed E-state index contributed by atoms with van der Waals surface area (Å²) in [5.74, 6) is -0.194. The van der Waals surface area contributed by atoms with Gasteiger partial charge in [-0.2, -0.15) is 5.10 Å². The summed E-state index contributed by atoms with van der Waals surface area (Å²) >= 11 is 0. The van der Waals surface area contributed by atoms with Crippen LogP contribution >= 0.6 is 0 Å². The average molecular weight is 340 g/mol. The lowest BCUT2D eigenvalue weighted by atomic mass is 9.93. The van der Waals surface area contributed by atoms with Gasteiger partial charge >= 0.3 is 0 Å². The second kappa shape index (κ2) is 6.16. The molecule has 1 atom stereocenters. The van der Waals surface area contributed by atoms with E-state index in [9.17, 15) is 9.18 Å². The Balaban J connectivity index is 1.52. The number of fused-ring (bicyclic) bond motifs is 1. The van der Waals surface area contributed by atoms with Crippen LogP contribution in [0.1, 0.15) is 40.6 Å². The molecule has 4 rings (SSSR count). The molecule has 0 aliphatic heterocycles. The average Bonchev–Trinajstić information content (AvgIpc) is 3.24. The van der Waals surface area contributed by atoms with Crippen molar-refractivity contribution < 1.29 is 13.7 Å². The van der Waals surface area contributed by atoms with Crippen LogP contribution < -0.4 is 5.32 Å². The van der Waals surface area contributed by atoms with Gasteiger partial charge in [0.25, 0.3) is 5.91 Å². The zero-order valence-electron chi connectivity index (χ0n) is 13.7. The molecule has 0 fully saturated rings. The Hall–Kier alpha value is -2.96. The van der Waals surface area contributed by atoms with E-state index in [1.807, 2.05) is 17.9 Å². The minimum Gasteiger partial charge on any atom is -0.355 e. The minimum atomic E-state index is -0.328. The first-order chi connectivity index (χ1) is 12.1. The Kier molecular flexibility index (Phi) is 3.83. The fourth-order valence-electron chi connectivity index (χ4n) is 3.22. The largest absolute Gasteiger partial charge is 0.355 e. The zero-order chi connectivity index (χ0) is 17.4. The summed E-state index contributed by atoms with van der Waals surface area (Å²) in [5, 5.41) is 11.1. The van der Waals surface area contributed by atoms with Crippen LogP contribution in [0.2, 0.25) is 0 Å². The third-order valence-electron chi connectivity index (χ3n) is 4.55. The van der Waals surface area contributed by atoms with Crippen molar-refractivity contribution >= 4 is 5.91 Å². The standard InChI is InChI=1S/C18H17FN4O2/c1-23-16-4-2-3-14(13(16)10-20-23)21-18(24)15-9-17(25-22-15)11-5-7-12(19)8-6-11/h5-10,14H,2-4H2,1H3,(H,21,24). The van der Waals surface area contributed by atoms with Crippen molar-refractivity contribution in [1.82, 2.24) is 20.3 Å². The van der Waals surface area contributed by atoms with Gasteiger partial charge in [-0.05, 0) is 43.5 Å². The smallest absolute Gasteiger partial charge is 0.273 e. The maximum absolute atomic E-state index is 13.0. The number of aromatic nitrogens is 3. The Labute approximate surface area is 143 Å². The highest BCUT2D eigenvalue weighted by molar-refractivity contribution is 5.93. The highest BCUT2D eigenvalue weighted by atomic mass is 19.1. The summed E-state index contributed by atoms with van der Waals surface area (Å²) in [7, 11) is 1.91. The number of aryl methyl sites for hydroxylation is 1. The molecular weight excluding hydrogens is 323 g/mol. The van der Waals surface area contributed by atoms with E-state index in [4.69, 9.17) is 4.52 Å². The van der Waals surface area contributed by atoms with E-state index in [1.165, 1.54) is 12.1 Å². The molecule has 0 spiro atoms. The Morgan fingerprint density at radius 1 is 1.36 bits per heavy atom. The van der Waals surface area contributed by atoms with Crippen LogP contribution in [0.3, 0.4) is 0 Å². The zero-order valence-corrected chi connectivity index (χ0v) is 13.7. The molecule has 2 heterocycles. The molecule has 128 valence electrons. The molecule has 0 bridgehead atoms. The summed E-state index contributed by atoms with van der Waals surface area (Å²) in [6, 6.07) is 7.33. The number of rotatable bonds is 3. The van der Waals surface area contributed by atoms with Gasteiger partial charge in [0.2, 0.25) is 0 Å². The summed E-state index contributed by atoms with van der Waals surface area (Å²) in [5.41, 5.74) is 3.09. The Morgan fingerprint density at radius 3 is 2.96 bits per heavy atom. The van der Waals surface area contributed by atoms with Gasteiger partial charge < -0.3 is 9.84 Å². The first-order valence-corrected chi connectivity index (χ1v) is 8.16. The molecule has 7 heteroatoms. The van der Waals surface area contributed by atoms with Gasteiger partial charge in [0.05, 0.1) is 12.2 Å². The molecule has 0 saturated carbocycles. The number of hydrogen-bond donors (Lipinski definition) is 1. The van der Waals surface area contributed by atoms with Gasteiger partial charge in [0, 0.05) is 29.9 Å². The van der Waals surface area contributed by atoms with Crippen molar-refractivity contribution in [3.05, 3.63) is 59.3 Å². The molecule has 3 aromatic rings. The molecule has 6 nitrogen and oxygen atoms in total. The number of nitrogens with zero attached hydrogens (tertiary/aromatic N) is 3. The van der Waals surface area contributed by atoms with Crippen LogP contribution in [0.4, 0.5) is 4.39 Å². The van der Waals surface area contributed by atoms with E-state index in [2.05, 4.69) is 15.6 Å². The Morgan fingerprint density at radius 2 is 2.16 bits per heavy atom. The molecular formula is C18H17FN4O2. The molecule has 0 saturated heterocycles. The minimum absolute atomic E-state index is 0.0732. The van der Waals surface area contributed by atoms with Gasteiger partial charge in [-0.1, -0.05) is 5.16 Å². The monoisotopic (exact) mass is 340 g/mol. The fourth-order valence-corrected chi connectivity index (χ4v) is 3.22. The molecule has 1 unspecified atom stereocenters. The Bertz CT molecular complexity index is 914. The molecule has 1 aliphatic carbocycles. The van der Waals surface area contributed by atoms with Crippen LogP contribution in [0, 0.1) is 5.82 Å². The number of benzene rings is 1. The van der Waals surface area contributed by atoms with Crippen molar-refractivity contribution in [2.45, 2.75) is 25.3 Å². The van der Waals surface area contributed by atoms with Gasteiger partial charge in [-0.25, -0.2) is 4.39 Å². The van der Waals surface area contributed by atoms with Crippen LogP contribution in [0.15, 0.2) is 41.1 Å². The van der Waals surface area contributed by atoms with E-state index in [-0.39, 0.29) is 23.5 Å². The lowest BCUT2D eigenvalue weighted by Gasteiger charge is -2.23. The number of carbonyl (C=O) groups is 1. The SMILES string of the molecule is Cn1ncc2c1CCCC2NC(=O)c1cc(-c2ccc(F)cc2)on1. The molecule has 1 aromatic carbocycles. The van der Waals surface area contributed by atoms with Crippen LogP contribution in [-0.4, -0.2) is 20.8 Å². The third kappa shape index (κ3) is 2.93. The second-order valence-electron chi connectivity index (χ2n) is 6.17. The van der Waals surface area contributed by atoms with E-state index in [1.54, 1.807) is 18.2 Å². The quantitative estimate of drug-likeness (QED) is 0.795. The molecule has 25 heavy (non-hydrogen) atoms. The molecule has 2 aromatic heterocycles. The van der Waals surface area contributed by atoms with Gasteiger partial charge in [-0.3, -0.25) is 9.48 Å². The maximum atomic E-state index is 13.0. The second-order valence-corrected chi connectivity index (χ2v) is 6.17. The lowest BCUT2D eigenvalue weighted by Crippen LogP contribution is -2.31. The summed E-state index contributed by atoms with van der Waals surface area (Å²) < 4.78 is 20.1. The highest BCUT2D eigenvalue weighted by Gasteiger charge is 2.26. The van der Waals surface area contributed by atoms with Crippen LogP contribution in [0.25, 0.3) is 11.3 Å². The molecule has 1 aliphatic rings. The number of nitrogens with one attached hydrogen (secondary N) is 1. The van der Waals surface area contributed by atoms with Crippen molar-refractivity contribution in [2.75, 3.05) is 0 Å². The van der Waals surface area contributed by atoms with Gasteiger partial charge in [0.1, 0.15) is 5.82 Å². The first kappa shape index (κ1) is 15.6. The topological polar surface area (TPSA) is 73.0 Å². The van der Waals surface area contributed by atoms with Gasteiger partial charge in [-0.15, -0.1) is 0 Å². The number of amides is 1. The molecule has 1 N–H and O–H groups in total. The number of carbonyl (C=O) groups excluding carboxylic acids is 1. The van der Waals surface area contributed by atoms with Crippen LogP contribution in [0.5, 0.6) is 0 Å². The third-order valence-corrected chi connectivity index (χ3v) is 4.55. The van der Waals surface area contributed by atoms with E-state index >= 15 is 0 Å². The van der Waals surface area contributed by atoms with Crippen molar-refractivity contribution in [3.8, 4) is 11.3 Å². The fraction of sp³-hybridized carbons (Fsp3) is 0.278. The first-order valence-electron chi connectivity index (χ1n) is 8.16. The summed E-state index contributed by atoms with van der Waals surface area (Å²) in [6.07, 6.45) is 4.65. The van der Waals surface area contributed by atoms with Gasteiger partial charge in [0.15, 0.2) is 11.5 Å². The van der Waals surface area contributed by atoms with E-state index < -0.39 is 0 Å². The van der Waals surface area contributed by atoms with E-state index in [0.29, 0.717) is 11.3 Å².